The number of carbonyl (C=O) groups is 1. The number of aromatic nitrogens is 2. The zero-order valence-corrected chi connectivity index (χ0v) is 19.5. The molecule has 34 heavy (non-hydrogen) atoms. The molecule has 0 aliphatic carbocycles. The number of amides is 1. The molecule has 0 saturated carbocycles. The number of hydrogen-bond acceptors (Lipinski definition) is 5. The average molecular weight is 477 g/mol. The van der Waals surface area contributed by atoms with E-state index in [0.717, 1.165) is 11.4 Å². The molecule has 2 N–H and O–H groups in total. The second kappa shape index (κ2) is 9.80. The van der Waals surface area contributed by atoms with Crippen LogP contribution in [0.3, 0.4) is 0 Å². The first kappa shape index (κ1) is 23.1. The summed E-state index contributed by atoms with van der Waals surface area (Å²) < 4.78 is 35.2. The van der Waals surface area contributed by atoms with Crippen molar-refractivity contribution < 1.29 is 17.9 Å². The number of methoxy groups -OCH3 is 1. The highest BCUT2D eigenvalue weighted by Gasteiger charge is 2.17. The first-order valence-corrected chi connectivity index (χ1v) is 12.0. The maximum atomic E-state index is 12.8. The number of rotatable bonds is 8. The Labute approximate surface area is 198 Å². The summed E-state index contributed by atoms with van der Waals surface area (Å²) in [5.41, 5.74) is 2.30. The summed E-state index contributed by atoms with van der Waals surface area (Å²) in [6.45, 7) is 2.62. The molecule has 174 valence electrons. The molecule has 0 radical (unpaired) electrons. The van der Waals surface area contributed by atoms with Crippen molar-refractivity contribution >= 4 is 27.3 Å². The van der Waals surface area contributed by atoms with Gasteiger partial charge in [0.15, 0.2) is 0 Å². The van der Waals surface area contributed by atoms with Gasteiger partial charge in [-0.15, -0.1) is 0 Å². The van der Waals surface area contributed by atoms with Crippen LogP contribution >= 0.6 is 0 Å². The summed E-state index contributed by atoms with van der Waals surface area (Å²) >= 11 is 0. The lowest BCUT2D eigenvalue weighted by Crippen LogP contribution is -2.16. The number of aryl methyl sites for hydroxylation is 1. The van der Waals surface area contributed by atoms with Crippen LogP contribution in [-0.2, 0) is 16.6 Å². The molecule has 0 aliphatic heterocycles. The van der Waals surface area contributed by atoms with Gasteiger partial charge >= 0.3 is 0 Å². The molecule has 0 saturated heterocycles. The quantitative estimate of drug-likeness (QED) is 0.395. The van der Waals surface area contributed by atoms with Crippen LogP contribution in [0.1, 0.15) is 21.7 Å². The van der Waals surface area contributed by atoms with Crippen molar-refractivity contribution in [2.75, 3.05) is 17.1 Å². The van der Waals surface area contributed by atoms with Gasteiger partial charge in [0.2, 0.25) is 0 Å². The predicted molar refractivity (Wildman–Crippen MR) is 131 cm³/mol. The van der Waals surface area contributed by atoms with Crippen LogP contribution in [0.2, 0.25) is 0 Å². The minimum Gasteiger partial charge on any atom is -0.497 e. The van der Waals surface area contributed by atoms with E-state index in [4.69, 9.17) is 4.74 Å². The molecule has 0 fully saturated rings. The summed E-state index contributed by atoms with van der Waals surface area (Å²) in [7, 11) is -2.34. The SMILES string of the molecule is COc1ccc(NS(=O)(=O)c2cccc(C(=O)Nc3ccc(Cn4ccnc4C)cc3)c2)cc1. The topological polar surface area (TPSA) is 102 Å². The third-order valence-corrected chi connectivity index (χ3v) is 6.62. The standard InChI is InChI=1S/C25H24N4O4S/c1-18-26-14-15-29(18)17-19-6-8-21(9-7-19)27-25(30)20-4-3-5-24(16-20)34(31,32)28-22-10-12-23(33-2)13-11-22/h3-16,28H,17H2,1-2H3,(H,27,30). The minimum absolute atomic E-state index is 0.0120. The van der Waals surface area contributed by atoms with E-state index in [9.17, 15) is 13.2 Å². The minimum atomic E-state index is -3.87. The number of nitrogens with zero attached hydrogens (tertiary/aromatic N) is 2. The highest BCUT2D eigenvalue weighted by atomic mass is 32.2. The molecule has 4 rings (SSSR count). The molecule has 0 aliphatic rings. The Morgan fingerprint density at radius 2 is 1.71 bits per heavy atom. The van der Waals surface area contributed by atoms with Gasteiger partial charge in [0.05, 0.1) is 12.0 Å². The molecular formula is C25H24N4O4S. The van der Waals surface area contributed by atoms with E-state index in [1.807, 2.05) is 42.0 Å². The predicted octanol–water partition coefficient (Wildman–Crippen LogP) is 4.30. The Kier molecular flexibility index (Phi) is 6.65. The number of ether oxygens (including phenoxy) is 1. The van der Waals surface area contributed by atoms with Crippen molar-refractivity contribution in [1.29, 1.82) is 0 Å². The van der Waals surface area contributed by atoms with E-state index in [1.54, 1.807) is 36.5 Å². The molecular weight excluding hydrogens is 452 g/mol. The van der Waals surface area contributed by atoms with Crippen LogP contribution in [0.15, 0.2) is 90.1 Å². The fourth-order valence-corrected chi connectivity index (χ4v) is 4.45. The summed E-state index contributed by atoms with van der Waals surface area (Å²) in [6.07, 6.45) is 3.67. The van der Waals surface area contributed by atoms with Crippen LogP contribution in [0.25, 0.3) is 0 Å². The lowest BCUT2D eigenvalue weighted by atomic mass is 10.2. The molecule has 9 heteroatoms. The molecule has 0 unspecified atom stereocenters. The third kappa shape index (κ3) is 5.44. The van der Waals surface area contributed by atoms with Gasteiger partial charge in [-0.1, -0.05) is 18.2 Å². The lowest BCUT2D eigenvalue weighted by Gasteiger charge is -2.11. The molecule has 0 atom stereocenters. The van der Waals surface area contributed by atoms with Gasteiger partial charge in [0.25, 0.3) is 15.9 Å². The van der Waals surface area contributed by atoms with E-state index < -0.39 is 15.9 Å². The van der Waals surface area contributed by atoms with Crippen molar-refractivity contribution in [1.82, 2.24) is 9.55 Å². The second-order valence-electron chi connectivity index (χ2n) is 7.62. The first-order chi connectivity index (χ1) is 16.3. The number of anilines is 2. The van der Waals surface area contributed by atoms with E-state index in [0.29, 0.717) is 23.7 Å². The molecule has 1 heterocycles. The Balaban J connectivity index is 1.44. The third-order valence-electron chi connectivity index (χ3n) is 5.24. The zero-order valence-electron chi connectivity index (χ0n) is 18.7. The Hall–Kier alpha value is -4.11. The molecule has 3 aromatic carbocycles. The summed E-state index contributed by atoms with van der Waals surface area (Å²) in [5.74, 6) is 1.14. The van der Waals surface area contributed by atoms with Crippen LogP contribution in [-0.4, -0.2) is 31.0 Å². The molecule has 0 bridgehead atoms. The van der Waals surface area contributed by atoms with Crippen molar-refractivity contribution in [2.45, 2.75) is 18.4 Å². The zero-order chi connectivity index (χ0) is 24.1. The maximum absolute atomic E-state index is 12.8. The lowest BCUT2D eigenvalue weighted by molar-refractivity contribution is 0.102. The fraction of sp³-hybridized carbons (Fsp3) is 0.120. The highest BCUT2D eigenvalue weighted by Crippen LogP contribution is 2.21. The molecule has 4 aromatic rings. The number of hydrogen-bond donors (Lipinski definition) is 2. The van der Waals surface area contributed by atoms with Crippen molar-refractivity contribution in [3.63, 3.8) is 0 Å². The maximum Gasteiger partial charge on any atom is 0.261 e. The van der Waals surface area contributed by atoms with Gasteiger partial charge in [0, 0.05) is 35.9 Å². The first-order valence-electron chi connectivity index (χ1n) is 10.5. The van der Waals surface area contributed by atoms with Crippen molar-refractivity contribution in [2.24, 2.45) is 0 Å². The van der Waals surface area contributed by atoms with E-state index in [-0.39, 0.29) is 10.5 Å². The van der Waals surface area contributed by atoms with Crippen LogP contribution in [0.5, 0.6) is 5.75 Å². The van der Waals surface area contributed by atoms with Crippen molar-refractivity contribution in [3.05, 3.63) is 102 Å². The Morgan fingerprint density at radius 3 is 2.35 bits per heavy atom. The van der Waals surface area contributed by atoms with Gasteiger partial charge in [-0.25, -0.2) is 13.4 Å². The van der Waals surface area contributed by atoms with Crippen LogP contribution in [0, 0.1) is 6.92 Å². The smallest absolute Gasteiger partial charge is 0.261 e. The highest BCUT2D eigenvalue weighted by molar-refractivity contribution is 7.92. The van der Waals surface area contributed by atoms with E-state index >= 15 is 0 Å². The van der Waals surface area contributed by atoms with E-state index in [2.05, 4.69) is 15.0 Å². The van der Waals surface area contributed by atoms with Crippen LogP contribution < -0.4 is 14.8 Å². The normalized spacial score (nSPS) is 11.1. The number of nitrogens with one attached hydrogen (secondary N) is 2. The average Bonchev–Trinajstić information content (AvgIpc) is 3.25. The van der Waals surface area contributed by atoms with Gasteiger partial charge in [0.1, 0.15) is 11.6 Å². The monoisotopic (exact) mass is 476 g/mol. The number of carbonyl (C=O) groups excluding carboxylic acids is 1. The second-order valence-corrected chi connectivity index (χ2v) is 9.30. The number of sulfonamides is 1. The Bertz CT molecular complexity index is 1400. The Morgan fingerprint density at radius 1 is 1.00 bits per heavy atom. The molecule has 1 amide bonds. The van der Waals surface area contributed by atoms with Crippen molar-refractivity contribution in [3.8, 4) is 5.75 Å². The summed E-state index contributed by atoms with van der Waals surface area (Å²) in [5, 5.41) is 2.81. The number of imidazole rings is 1. The van der Waals surface area contributed by atoms with Gasteiger partial charge in [-0.05, 0) is 67.1 Å². The molecule has 0 spiro atoms. The van der Waals surface area contributed by atoms with Crippen LogP contribution in [0.4, 0.5) is 11.4 Å². The molecule has 8 nitrogen and oxygen atoms in total. The van der Waals surface area contributed by atoms with Gasteiger partial charge < -0.3 is 14.6 Å². The summed E-state index contributed by atoms with van der Waals surface area (Å²) in [4.78, 5) is 17.0. The van der Waals surface area contributed by atoms with Gasteiger partial charge in [-0.2, -0.15) is 0 Å². The summed E-state index contributed by atoms with van der Waals surface area (Å²) in [6, 6.07) is 19.9. The van der Waals surface area contributed by atoms with Gasteiger partial charge in [-0.3, -0.25) is 9.52 Å². The van der Waals surface area contributed by atoms with E-state index in [1.165, 1.54) is 25.3 Å². The molecule has 1 aromatic heterocycles. The largest absolute Gasteiger partial charge is 0.497 e. The fourth-order valence-electron chi connectivity index (χ4n) is 3.34. The number of benzene rings is 3.